The largest absolute Gasteiger partial charge is 0.507 e. The van der Waals surface area contributed by atoms with Crippen molar-refractivity contribution in [2.24, 2.45) is 0 Å². The molecule has 37 heavy (non-hydrogen) atoms. The van der Waals surface area contributed by atoms with Crippen LogP contribution in [0.3, 0.4) is 0 Å². The molecule has 0 radical (unpaired) electrons. The second-order valence-corrected chi connectivity index (χ2v) is 11.6. The Morgan fingerprint density at radius 2 is 1.62 bits per heavy atom. The average molecular weight is 508 g/mol. The molecule has 3 rings (SSSR count). The zero-order valence-corrected chi connectivity index (χ0v) is 23.5. The molecular formula is C31H41NO5. The van der Waals surface area contributed by atoms with Crippen LogP contribution in [0.25, 0.3) is 5.76 Å². The summed E-state index contributed by atoms with van der Waals surface area (Å²) in [6, 6.07) is 12.7. The van der Waals surface area contributed by atoms with E-state index in [0.29, 0.717) is 31.7 Å². The van der Waals surface area contributed by atoms with E-state index in [0.717, 1.165) is 22.4 Å². The van der Waals surface area contributed by atoms with Gasteiger partial charge in [0.05, 0.1) is 18.2 Å². The summed E-state index contributed by atoms with van der Waals surface area (Å²) in [6.45, 7) is 15.9. The molecule has 1 N–H and O–H groups in total. The van der Waals surface area contributed by atoms with Gasteiger partial charge in [0.15, 0.2) is 0 Å². The summed E-state index contributed by atoms with van der Waals surface area (Å²) in [4.78, 5) is 28.1. The van der Waals surface area contributed by atoms with Crippen molar-refractivity contribution in [2.45, 2.75) is 71.8 Å². The van der Waals surface area contributed by atoms with E-state index in [1.54, 1.807) is 18.1 Å². The van der Waals surface area contributed by atoms with Crippen molar-refractivity contribution in [3.05, 3.63) is 70.3 Å². The molecule has 1 fully saturated rings. The number of methoxy groups -OCH3 is 1. The lowest BCUT2D eigenvalue weighted by molar-refractivity contribution is -0.140. The van der Waals surface area contributed by atoms with E-state index in [4.69, 9.17) is 9.47 Å². The summed E-state index contributed by atoms with van der Waals surface area (Å²) in [5.74, 6) is -0.720. The molecule has 6 nitrogen and oxygen atoms in total. The molecule has 1 aliphatic rings. The zero-order valence-electron chi connectivity index (χ0n) is 23.5. The van der Waals surface area contributed by atoms with Crippen LogP contribution in [-0.4, -0.2) is 48.6 Å². The number of hydrogen-bond acceptors (Lipinski definition) is 5. The van der Waals surface area contributed by atoms with Crippen molar-refractivity contribution in [3.63, 3.8) is 0 Å². The Hall–Kier alpha value is -3.12. The van der Waals surface area contributed by atoms with Crippen LogP contribution in [0, 0.1) is 0 Å². The van der Waals surface area contributed by atoms with E-state index in [9.17, 15) is 14.7 Å². The molecular weight excluding hydrogens is 466 g/mol. The summed E-state index contributed by atoms with van der Waals surface area (Å²) >= 11 is 0. The Morgan fingerprint density at radius 3 is 2.16 bits per heavy atom. The number of likely N-dealkylation sites (tertiary alicyclic amines) is 1. The zero-order chi connectivity index (χ0) is 27.5. The predicted octanol–water partition coefficient (Wildman–Crippen LogP) is 6.14. The maximum Gasteiger partial charge on any atom is 0.295 e. The van der Waals surface area contributed by atoms with Crippen LogP contribution in [0.1, 0.15) is 83.2 Å². The highest BCUT2D eigenvalue weighted by atomic mass is 16.5. The highest BCUT2D eigenvalue weighted by Crippen LogP contribution is 2.41. The number of amides is 1. The molecule has 1 saturated heterocycles. The standard InChI is InChI=1S/C31H41NO5/c1-9-37-24-16-13-21(19-23(24)31(5,6)7)27(33)25-26(20-11-14-22(15-12-20)30(2,3)4)32(17-10-18-36-8)29(35)28(25)34/h11-16,19,26,33H,9-10,17-18H2,1-8H3/b27-25-. The summed E-state index contributed by atoms with van der Waals surface area (Å²) in [7, 11) is 1.61. The van der Waals surface area contributed by atoms with Gasteiger partial charge in [-0.1, -0.05) is 65.8 Å². The third-order valence-electron chi connectivity index (χ3n) is 6.74. The summed E-state index contributed by atoms with van der Waals surface area (Å²) in [5.41, 5.74) is 3.15. The lowest BCUT2D eigenvalue weighted by atomic mass is 9.84. The number of Topliss-reactive ketones (excluding diaryl/α,β-unsaturated/α-hetero) is 1. The second-order valence-electron chi connectivity index (χ2n) is 11.6. The van der Waals surface area contributed by atoms with E-state index in [2.05, 4.69) is 41.5 Å². The number of aliphatic hydroxyl groups is 1. The molecule has 0 saturated carbocycles. The molecule has 0 aromatic heterocycles. The van der Waals surface area contributed by atoms with Gasteiger partial charge in [0, 0.05) is 31.4 Å². The van der Waals surface area contributed by atoms with Crippen molar-refractivity contribution >= 4 is 17.4 Å². The fourth-order valence-electron chi connectivity index (χ4n) is 4.70. The first kappa shape index (κ1) is 28.5. The first-order valence-corrected chi connectivity index (χ1v) is 13.0. The van der Waals surface area contributed by atoms with E-state index in [-0.39, 0.29) is 22.2 Å². The number of ether oxygens (including phenoxy) is 2. The summed E-state index contributed by atoms with van der Waals surface area (Å²) in [5, 5.41) is 11.5. The number of benzene rings is 2. The summed E-state index contributed by atoms with van der Waals surface area (Å²) < 4.78 is 11.0. The van der Waals surface area contributed by atoms with Crippen LogP contribution in [0.4, 0.5) is 0 Å². The molecule has 1 heterocycles. The molecule has 0 spiro atoms. The van der Waals surface area contributed by atoms with E-state index < -0.39 is 17.7 Å². The third-order valence-corrected chi connectivity index (χ3v) is 6.74. The van der Waals surface area contributed by atoms with Crippen LogP contribution in [0.2, 0.25) is 0 Å². The van der Waals surface area contributed by atoms with Gasteiger partial charge in [-0.2, -0.15) is 0 Å². The normalized spacial score (nSPS) is 17.9. The topological polar surface area (TPSA) is 76.1 Å². The van der Waals surface area contributed by atoms with Crippen LogP contribution >= 0.6 is 0 Å². The molecule has 1 amide bonds. The lowest BCUT2D eigenvalue weighted by Crippen LogP contribution is -2.31. The molecule has 1 aliphatic heterocycles. The number of carbonyl (C=O) groups is 2. The first-order valence-electron chi connectivity index (χ1n) is 13.0. The fourth-order valence-corrected chi connectivity index (χ4v) is 4.70. The van der Waals surface area contributed by atoms with Gasteiger partial charge in [-0.15, -0.1) is 0 Å². The molecule has 1 unspecified atom stereocenters. The number of aliphatic hydroxyl groups excluding tert-OH is 1. The Kier molecular flexibility index (Phi) is 8.53. The van der Waals surface area contributed by atoms with Gasteiger partial charge in [-0.3, -0.25) is 9.59 Å². The molecule has 2 aromatic rings. The Morgan fingerprint density at radius 1 is 0.973 bits per heavy atom. The fraction of sp³-hybridized carbons (Fsp3) is 0.484. The van der Waals surface area contributed by atoms with E-state index in [1.807, 2.05) is 43.3 Å². The number of hydrogen-bond donors (Lipinski definition) is 1. The minimum Gasteiger partial charge on any atom is -0.507 e. The quantitative estimate of drug-likeness (QED) is 0.201. The maximum absolute atomic E-state index is 13.4. The summed E-state index contributed by atoms with van der Waals surface area (Å²) in [6.07, 6.45) is 0.581. The molecule has 6 heteroatoms. The van der Waals surface area contributed by atoms with Gasteiger partial charge in [0.25, 0.3) is 11.7 Å². The maximum atomic E-state index is 13.4. The monoisotopic (exact) mass is 507 g/mol. The van der Waals surface area contributed by atoms with Crippen LogP contribution in [0.15, 0.2) is 48.0 Å². The molecule has 1 atom stereocenters. The number of rotatable bonds is 8. The van der Waals surface area contributed by atoms with Crippen molar-refractivity contribution in [2.75, 3.05) is 26.9 Å². The van der Waals surface area contributed by atoms with Gasteiger partial charge in [0.2, 0.25) is 0 Å². The van der Waals surface area contributed by atoms with E-state index in [1.165, 1.54) is 0 Å². The predicted molar refractivity (Wildman–Crippen MR) is 147 cm³/mol. The Bertz CT molecular complexity index is 1170. The third kappa shape index (κ3) is 6.07. The average Bonchev–Trinajstić information content (AvgIpc) is 3.08. The number of ketones is 1. The number of nitrogens with zero attached hydrogens (tertiary/aromatic N) is 1. The Balaban J connectivity index is 2.18. The van der Waals surface area contributed by atoms with Gasteiger partial charge < -0.3 is 19.5 Å². The van der Waals surface area contributed by atoms with Gasteiger partial charge >= 0.3 is 0 Å². The van der Waals surface area contributed by atoms with Crippen LogP contribution < -0.4 is 4.74 Å². The van der Waals surface area contributed by atoms with Crippen molar-refractivity contribution in [3.8, 4) is 5.75 Å². The van der Waals surface area contributed by atoms with Crippen molar-refractivity contribution in [1.29, 1.82) is 0 Å². The molecule has 0 bridgehead atoms. The number of carbonyl (C=O) groups excluding carboxylic acids is 2. The van der Waals surface area contributed by atoms with Gasteiger partial charge in [0.1, 0.15) is 11.5 Å². The first-order chi connectivity index (χ1) is 17.3. The van der Waals surface area contributed by atoms with Crippen LogP contribution in [-0.2, 0) is 25.2 Å². The minimum atomic E-state index is -0.685. The molecule has 0 aliphatic carbocycles. The van der Waals surface area contributed by atoms with Gasteiger partial charge in [-0.25, -0.2) is 0 Å². The van der Waals surface area contributed by atoms with E-state index >= 15 is 0 Å². The minimum absolute atomic E-state index is 0.0372. The lowest BCUT2D eigenvalue weighted by Gasteiger charge is -2.27. The highest BCUT2D eigenvalue weighted by molar-refractivity contribution is 6.46. The van der Waals surface area contributed by atoms with Gasteiger partial charge in [-0.05, 0) is 53.5 Å². The Labute approximate surface area is 221 Å². The highest BCUT2D eigenvalue weighted by Gasteiger charge is 2.46. The smallest absolute Gasteiger partial charge is 0.295 e. The van der Waals surface area contributed by atoms with Crippen molar-refractivity contribution in [1.82, 2.24) is 4.90 Å². The molecule has 2 aromatic carbocycles. The van der Waals surface area contributed by atoms with Crippen molar-refractivity contribution < 1.29 is 24.2 Å². The van der Waals surface area contributed by atoms with Crippen LogP contribution in [0.5, 0.6) is 5.75 Å². The molecule has 200 valence electrons. The second kappa shape index (κ2) is 11.1. The SMILES string of the molecule is CCOc1ccc(/C(O)=C2/C(=O)C(=O)N(CCCOC)C2c2ccc(C(C)(C)C)cc2)cc1C(C)(C)C.